The summed E-state index contributed by atoms with van der Waals surface area (Å²) in [4.78, 5) is 45.7. The molecule has 0 unspecified atom stereocenters. The number of non-ortho nitro benzene ring substituents is 1. The maximum Gasteiger partial charge on any atom is 0.336 e. The second-order valence-corrected chi connectivity index (χ2v) is 9.67. The first-order valence-corrected chi connectivity index (χ1v) is 13.4. The smallest absolute Gasteiger partial charge is 0.336 e. The average Bonchev–Trinajstić information content (AvgIpc) is 2.98. The third-order valence-corrected chi connectivity index (χ3v) is 6.82. The number of nitro benzene ring substituents is 1. The molecule has 0 spiro atoms. The zero-order chi connectivity index (χ0) is 29.2. The minimum atomic E-state index is -0.822. The summed E-state index contributed by atoms with van der Waals surface area (Å²) in [7, 11) is 0. The van der Waals surface area contributed by atoms with E-state index in [4.69, 9.17) is 9.47 Å². The summed E-state index contributed by atoms with van der Waals surface area (Å²) in [5, 5.41) is 14.4. The van der Waals surface area contributed by atoms with E-state index in [-0.39, 0.29) is 30.0 Å². The van der Waals surface area contributed by atoms with Gasteiger partial charge in [-0.2, -0.15) is 0 Å². The van der Waals surface area contributed by atoms with E-state index < -0.39 is 22.8 Å². The van der Waals surface area contributed by atoms with Gasteiger partial charge in [-0.1, -0.05) is 12.1 Å². The number of hydrogen-bond acceptors (Lipinski definition) is 9. The van der Waals surface area contributed by atoms with Crippen LogP contribution in [0.15, 0.2) is 95.9 Å². The maximum absolute atomic E-state index is 13.5. The molecule has 0 bridgehead atoms. The van der Waals surface area contributed by atoms with Gasteiger partial charge >= 0.3 is 11.9 Å². The molecule has 0 fully saturated rings. The molecule has 10 heteroatoms. The van der Waals surface area contributed by atoms with Gasteiger partial charge in [-0.25, -0.2) is 9.59 Å². The van der Waals surface area contributed by atoms with Crippen LogP contribution < -0.4 is 5.32 Å². The molecule has 2 aromatic heterocycles. The lowest BCUT2D eigenvalue weighted by molar-refractivity contribution is -0.384. The number of aryl methyl sites for hydroxylation is 2. The molecule has 1 aliphatic heterocycles. The van der Waals surface area contributed by atoms with Gasteiger partial charge in [0.2, 0.25) is 0 Å². The normalized spacial score (nSPS) is 13.5. The van der Waals surface area contributed by atoms with E-state index in [9.17, 15) is 19.7 Å². The number of esters is 2. The third-order valence-electron chi connectivity index (χ3n) is 6.82. The number of rotatable bonds is 12. The molecule has 1 aliphatic rings. The number of hydrogen-bond donors (Lipinski definition) is 1. The molecule has 3 heterocycles. The predicted molar refractivity (Wildman–Crippen MR) is 151 cm³/mol. The molecule has 3 aromatic rings. The van der Waals surface area contributed by atoms with Gasteiger partial charge in [0.05, 0.1) is 35.2 Å². The van der Waals surface area contributed by atoms with Crippen LogP contribution in [0.5, 0.6) is 0 Å². The number of ether oxygens (including phenoxy) is 2. The van der Waals surface area contributed by atoms with Crippen molar-refractivity contribution in [3.63, 3.8) is 0 Å². The summed E-state index contributed by atoms with van der Waals surface area (Å²) >= 11 is 0. The highest BCUT2D eigenvalue weighted by atomic mass is 16.6. The number of aromatic nitrogens is 2. The number of pyridine rings is 2. The van der Waals surface area contributed by atoms with E-state index in [1.54, 1.807) is 50.8 Å². The molecule has 0 radical (unpaired) electrons. The van der Waals surface area contributed by atoms with Crippen LogP contribution in [-0.2, 0) is 31.9 Å². The topological polar surface area (TPSA) is 134 Å². The molecule has 212 valence electrons. The van der Waals surface area contributed by atoms with E-state index in [1.165, 1.54) is 12.1 Å². The van der Waals surface area contributed by atoms with Crippen molar-refractivity contribution in [2.24, 2.45) is 0 Å². The maximum atomic E-state index is 13.5. The zero-order valence-electron chi connectivity index (χ0n) is 23.0. The lowest BCUT2D eigenvalue weighted by atomic mass is 9.80. The first kappa shape index (κ1) is 29.1. The summed E-state index contributed by atoms with van der Waals surface area (Å²) in [6.45, 7) is 3.85. The summed E-state index contributed by atoms with van der Waals surface area (Å²) in [5.74, 6) is -1.95. The van der Waals surface area contributed by atoms with Crippen LogP contribution in [0.3, 0.4) is 0 Å². The largest absolute Gasteiger partial charge is 0.462 e. The van der Waals surface area contributed by atoms with Crippen molar-refractivity contribution in [1.82, 2.24) is 15.3 Å². The van der Waals surface area contributed by atoms with Crippen LogP contribution in [0.2, 0.25) is 0 Å². The fourth-order valence-corrected chi connectivity index (χ4v) is 4.79. The number of carbonyl (C=O) groups excluding carboxylic acids is 2. The van der Waals surface area contributed by atoms with E-state index in [2.05, 4.69) is 15.3 Å². The second-order valence-electron chi connectivity index (χ2n) is 9.67. The zero-order valence-corrected chi connectivity index (χ0v) is 23.0. The van der Waals surface area contributed by atoms with Crippen molar-refractivity contribution in [1.29, 1.82) is 0 Å². The molecular formula is C31H32N4O6. The number of dihydropyridines is 1. The standard InChI is InChI=1S/C31H32N4O6/c1-21-27(30(36)40-19-3-5-23-11-15-32-16-12-23)29(25-7-9-26(10-8-25)35(38)39)28(22(2)34-21)31(37)41-20-4-6-24-13-17-33-18-14-24/h7-18,29,34H,3-6,19-20H2,1-2H3. The molecule has 10 nitrogen and oxygen atoms in total. The Morgan fingerprint density at radius 2 is 1.22 bits per heavy atom. The van der Waals surface area contributed by atoms with Crippen molar-refractivity contribution < 1.29 is 24.0 Å². The summed E-state index contributed by atoms with van der Waals surface area (Å²) in [5.41, 5.74) is 4.23. The fourth-order valence-electron chi connectivity index (χ4n) is 4.79. The van der Waals surface area contributed by atoms with Crippen LogP contribution >= 0.6 is 0 Å². The van der Waals surface area contributed by atoms with Gasteiger partial charge in [0, 0.05) is 48.3 Å². The van der Waals surface area contributed by atoms with Crippen LogP contribution in [0.4, 0.5) is 5.69 Å². The Balaban J connectivity index is 1.52. The van der Waals surface area contributed by atoms with Gasteiger partial charge in [-0.15, -0.1) is 0 Å². The molecule has 1 N–H and O–H groups in total. The summed E-state index contributed by atoms with van der Waals surface area (Å²) < 4.78 is 11.3. The highest BCUT2D eigenvalue weighted by Crippen LogP contribution is 2.39. The Kier molecular flexibility index (Phi) is 9.93. The van der Waals surface area contributed by atoms with Gasteiger partial charge in [0.1, 0.15) is 0 Å². The molecule has 0 aliphatic carbocycles. The predicted octanol–water partition coefficient (Wildman–Crippen LogP) is 4.97. The minimum absolute atomic E-state index is 0.0930. The minimum Gasteiger partial charge on any atom is -0.462 e. The van der Waals surface area contributed by atoms with Crippen molar-refractivity contribution in [2.75, 3.05) is 13.2 Å². The molecule has 0 atom stereocenters. The van der Waals surface area contributed by atoms with Crippen LogP contribution in [0.1, 0.15) is 49.3 Å². The Hall–Kier alpha value is -4.86. The van der Waals surface area contributed by atoms with Gasteiger partial charge < -0.3 is 14.8 Å². The number of allylic oxidation sites excluding steroid dienone is 2. The van der Waals surface area contributed by atoms with Gasteiger partial charge in [0.25, 0.3) is 5.69 Å². The van der Waals surface area contributed by atoms with Crippen molar-refractivity contribution in [2.45, 2.75) is 45.4 Å². The van der Waals surface area contributed by atoms with Gasteiger partial charge in [-0.05, 0) is 80.5 Å². The van der Waals surface area contributed by atoms with Crippen LogP contribution in [0.25, 0.3) is 0 Å². The first-order valence-electron chi connectivity index (χ1n) is 13.4. The highest BCUT2D eigenvalue weighted by Gasteiger charge is 2.38. The molecular weight excluding hydrogens is 524 g/mol. The lowest BCUT2D eigenvalue weighted by Gasteiger charge is -2.30. The number of nitrogens with zero attached hydrogens (tertiary/aromatic N) is 3. The summed E-state index contributed by atoms with van der Waals surface area (Å²) in [6, 6.07) is 13.5. The van der Waals surface area contributed by atoms with E-state index in [0.29, 0.717) is 42.6 Å². The van der Waals surface area contributed by atoms with E-state index in [0.717, 1.165) is 11.1 Å². The third kappa shape index (κ3) is 7.63. The van der Waals surface area contributed by atoms with Gasteiger partial charge in [0.15, 0.2) is 0 Å². The lowest BCUT2D eigenvalue weighted by Crippen LogP contribution is -2.32. The van der Waals surface area contributed by atoms with Crippen molar-refractivity contribution >= 4 is 17.6 Å². The highest BCUT2D eigenvalue weighted by molar-refractivity contribution is 5.99. The monoisotopic (exact) mass is 556 g/mol. The average molecular weight is 557 g/mol. The van der Waals surface area contributed by atoms with E-state index in [1.807, 2.05) is 24.3 Å². The molecule has 0 saturated carbocycles. The van der Waals surface area contributed by atoms with Crippen molar-refractivity contribution in [3.05, 3.63) is 123 Å². The Morgan fingerprint density at radius 3 is 1.63 bits per heavy atom. The molecule has 0 amide bonds. The second kappa shape index (κ2) is 14.0. The Labute approximate surface area is 238 Å². The molecule has 4 rings (SSSR count). The quantitative estimate of drug-likeness (QED) is 0.142. The first-order chi connectivity index (χ1) is 19.8. The van der Waals surface area contributed by atoms with Crippen LogP contribution in [0, 0.1) is 10.1 Å². The van der Waals surface area contributed by atoms with Crippen molar-refractivity contribution in [3.8, 4) is 0 Å². The number of nitro groups is 1. The SMILES string of the molecule is CC1=C(C(=O)OCCCc2ccncc2)C(c2ccc([N+](=O)[O-])cc2)C(C(=O)OCCCc2ccncc2)=C(C)N1. The number of benzene rings is 1. The van der Waals surface area contributed by atoms with E-state index >= 15 is 0 Å². The molecule has 0 saturated heterocycles. The molecule has 41 heavy (non-hydrogen) atoms. The summed E-state index contributed by atoms with van der Waals surface area (Å²) in [6.07, 6.45) is 9.51. The van der Waals surface area contributed by atoms with Gasteiger partial charge in [-0.3, -0.25) is 20.1 Å². The number of carbonyl (C=O) groups is 2. The Bertz CT molecular complexity index is 1350. The molecule has 1 aromatic carbocycles. The number of nitrogens with one attached hydrogen (secondary N) is 1. The fraction of sp³-hybridized carbons (Fsp3) is 0.290. The Morgan fingerprint density at radius 1 is 0.780 bits per heavy atom. The van der Waals surface area contributed by atoms with Crippen LogP contribution in [-0.4, -0.2) is 40.0 Å².